The summed E-state index contributed by atoms with van der Waals surface area (Å²) in [4.78, 5) is 22.7. The average molecular weight is 357 g/mol. The molecule has 6 heteroatoms. The number of hydrogen-bond donors (Lipinski definition) is 3. The van der Waals surface area contributed by atoms with Crippen LogP contribution >= 0.6 is 15.9 Å². The van der Waals surface area contributed by atoms with Crippen LogP contribution in [-0.2, 0) is 0 Å². The maximum atomic E-state index is 11.7. The molecule has 0 unspecified atom stereocenters. The van der Waals surface area contributed by atoms with Gasteiger partial charge in [0, 0.05) is 16.7 Å². The van der Waals surface area contributed by atoms with E-state index >= 15 is 0 Å². The van der Waals surface area contributed by atoms with Crippen LogP contribution in [0.2, 0.25) is 0 Å². The molecule has 0 aliphatic rings. The van der Waals surface area contributed by atoms with Gasteiger partial charge in [-0.3, -0.25) is 0 Å². The quantitative estimate of drug-likeness (QED) is 0.643. The van der Waals surface area contributed by atoms with Crippen molar-refractivity contribution >= 4 is 33.6 Å². The monoisotopic (exact) mass is 356 g/mol. The highest BCUT2D eigenvalue weighted by Gasteiger charge is 2.10. The molecule has 0 aromatic heterocycles. The van der Waals surface area contributed by atoms with E-state index in [1.807, 2.05) is 0 Å². The molecule has 1 rings (SSSR count). The molecule has 0 aliphatic heterocycles. The lowest BCUT2D eigenvalue weighted by atomic mass is 10.1. The Balaban J connectivity index is 2.41. The number of carbonyl (C=O) groups is 2. The van der Waals surface area contributed by atoms with Gasteiger partial charge in [0.15, 0.2) is 0 Å². The molecule has 0 atom stereocenters. The van der Waals surface area contributed by atoms with E-state index in [0.717, 1.165) is 19.3 Å². The van der Waals surface area contributed by atoms with E-state index in [1.165, 1.54) is 6.07 Å². The lowest BCUT2D eigenvalue weighted by Gasteiger charge is -2.09. The average Bonchev–Trinajstić information content (AvgIpc) is 2.40. The van der Waals surface area contributed by atoms with Crippen molar-refractivity contribution < 1.29 is 14.7 Å². The Bertz CT molecular complexity index is 504. The minimum absolute atomic E-state index is 0.115. The summed E-state index contributed by atoms with van der Waals surface area (Å²) in [5.74, 6) is -0.365. The maximum Gasteiger partial charge on any atom is 0.336 e. The predicted molar refractivity (Wildman–Crippen MR) is 86.8 cm³/mol. The number of halogens is 1. The number of unbranched alkanes of at least 4 members (excludes halogenated alkanes) is 1. The van der Waals surface area contributed by atoms with E-state index in [9.17, 15) is 9.59 Å². The predicted octanol–water partition coefficient (Wildman–Crippen LogP) is 4.10. The molecule has 21 heavy (non-hydrogen) atoms. The van der Waals surface area contributed by atoms with E-state index in [1.54, 1.807) is 12.1 Å². The molecular weight excluding hydrogens is 336 g/mol. The van der Waals surface area contributed by atoms with Gasteiger partial charge < -0.3 is 15.7 Å². The van der Waals surface area contributed by atoms with Gasteiger partial charge in [-0.2, -0.15) is 0 Å². The third-order valence-corrected chi connectivity index (χ3v) is 3.64. The largest absolute Gasteiger partial charge is 0.478 e. The van der Waals surface area contributed by atoms with Crippen LogP contribution in [0.1, 0.15) is 43.5 Å². The number of hydrogen-bond acceptors (Lipinski definition) is 2. The lowest BCUT2D eigenvalue weighted by Crippen LogP contribution is -2.29. The highest BCUT2D eigenvalue weighted by Crippen LogP contribution is 2.21. The van der Waals surface area contributed by atoms with Crippen molar-refractivity contribution in [1.29, 1.82) is 0 Å². The molecule has 1 aromatic carbocycles. The first kappa shape index (κ1) is 17.5. The number of carbonyl (C=O) groups excluding carboxylic acids is 1. The number of carboxylic acids is 1. The molecule has 0 spiro atoms. The second-order valence-corrected chi connectivity index (χ2v) is 6.12. The molecule has 2 amide bonds. The highest BCUT2D eigenvalue weighted by atomic mass is 79.9. The van der Waals surface area contributed by atoms with Crippen molar-refractivity contribution in [1.82, 2.24) is 5.32 Å². The van der Waals surface area contributed by atoms with Gasteiger partial charge >= 0.3 is 12.0 Å². The number of amides is 2. The summed E-state index contributed by atoms with van der Waals surface area (Å²) < 4.78 is 0.481. The van der Waals surface area contributed by atoms with Crippen molar-refractivity contribution in [3.8, 4) is 0 Å². The zero-order valence-corrected chi connectivity index (χ0v) is 13.9. The fourth-order valence-corrected chi connectivity index (χ4v) is 2.24. The van der Waals surface area contributed by atoms with Crippen molar-refractivity contribution in [2.24, 2.45) is 5.92 Å². The normalized spacial score (nSPS) is 10.5. The van der Waals surface area contributed by atoms with Gasteiger partial charge in [-0.1, -0.05) is 26.7 Å². The molecule has 0 saturated carbocycles. The molecule has 0 aliphatic carbocycles. The SMILES string of the molecule is CC(C)CCCCNC(=O)Nc1ccc(Br)c(C(=O)O)c1. The van der Waals surface area contributed by atoms with Crippen LogP contribution in [0.4, 0.5) is 10.5 Å². The molecule has 0 radical (unpaired) electrons. The summed E-state index contributed by atoms with van der Waals surface area (Å²) in [5.41, 5.74) is 0.569. The van der Waals surface area contributed by atoms with Crippen LogP contribution < -0.4 is 10.6 Å². The number of rotatable bonds is 7. The summed E-state index contributed by atoms with van der Waals surface area (Å²) in [6.07, 6.45) is 3.17. The molecular formula is C15H21BrN2O3. The molecule has 0 fully saturated rings. The Morgan fingerprint density at radius 2 is 2.00 bits per heavy atom. The first-order chi connectivity index (χ1) is 9.90. The molecule has 0 bridgehead atoms. The Kier molecular flexibility index (Phi) is 7.22. The number of nitrogens with one attached hydrogen (secondary N) is 2. The molecule has 3 N–H and O–H groups in total. The van der Waals surface area contributed by atoms with Crippen molar-refractivity contribution in [3.05, 3.63) is 28.2 Å². The molecule has 5 nitrogen and oxygen atoms in total. The molecule has 0 saturated heterocycles. The Hall–Kier alpha value is -1.56. The topological polar surface area (TPSA) is 78.4 Å². The van der Waals surface area contributed by atoms with Gasteiger partial charge in [0.25, 0.3) is 0 Å². The van der Waals surface area contributed by atoms with Crippen molar-refractivity contribution in [2.45, 2.75) is 33.1 Å². The summed E-state index contributed by atoms with van der Waals surface area (Å²) in [7, 11) is 0. The summed E-state index contributed by atoms with van der Waals surface area (Å²) >= 11 is 3.16. The Labute approximate surface area is 133 Å². The maximum absolute atomic E-state index is 11.7. The molecule has 1 aromatic rings. The fourth-order valence-electron chi connectivity index (χ4n) is 1.82. The fraction of sp³-hybridized carbons (Fsp3) is 0.467. The molecule has 116 valence electrons. The zero-order chi connectivity index (χ0) is 15.8. The Morgan fingerprint density at radius 1 is 1.29 bits per heavy atom. The van der Waals surface area contributed by atoms with Crippen molar-refractivity contribution in [3.63, 3.8) is 0 Å². The smallest absolute Gasteiger partial charge is 0.336 e. The summed E-state index contributed by atoms with van der Waals surface area (Å²) in [5, 5.41) is 14.4. The van der Waals surface area contributed by atoms with Crippen LogP contribution in [-0.4, -0.2) is 23.7 Å². The van der Waals surface area contributed by atoms with Crippen LogP contribution in [0.25, 0.3) is 0 Å². The van der Waals surface area contributed by atoms with Gasteiger partial charge in [-0.05, 0) is 46.5 Å². The highest BCUT2D eigenvalue weighted by molar-refractivity contribution is 9.10. The van der Waals surface area contributed by atoms with E-state index < -0.39 is 5.97 Å². The minimum atomic E-state index is -1.04. The number of benzene rings is 1. The van der Waals surface area contributed by atoms with Gasteiger partial charge in [0.1, 0.15) is 0 Å². The number of urea groups is 1. The summed E-state index contributed by atoms with van der Waals surface area (Å²) in [6.45, 7) is 4.96. The Morgan fingerprint density at radius 3 is 2.62 bits per heavy atom. The van der Waals surface area contributed by atoms with E-state index in [-0.39, 0.29) is 11.6 Å². The minimum Gasteiger partial charge on any atom is -0.478 e. The van der Waals surface area contributed by atoms with E-state index in [0.29, 0.717) is 22.6 Å². The van der Waals surface area contributed by atoms with Crippen LogP contribution in [0, 0.1) is 5.92 Å². The lowest BCUT2D eigenvalue weighted by molar-refractivity contribution is 0.0696. The molecule has 0 heterocycles. The third-order valence-electron chi connectivity index (χ3n) is 2.95. The standard InChI is InChI=1S/C15H21BrN2O3/c1-10(2)5-3-4-8-17-15(21)18-11-6-7-13(16)12(9-11)14(19)20/h6-7,9-10H,3-5,8H2,1-2H3,(H,19,20)(H2,17,18,21). The van der Waals surface area contributed by atoms with Gasteiger partial charge in [-0.15, -0.1) is 0 Å². The van der Waals surface area contributed by atoms with E-state index in [2.05, 4.69) is 40.4 Å². The number of carboxylic acid groups (broad SMARTS) is 1. The second kappa shape index (κ2) is 8.67. The number of aromatic carboxylic acids is 1. The van der Waals surface area contributed by atoms with Crippen LogP contribution in [0.15, 0.2) is 22.7 Å². The number of anilines is 1. The van der Waals surface area contributed by atoms with Crippen LogP contribution in [0.5, 0.6) is 0 Å². The van der Waals surface area contributed by atoms with Gasteiger partial charge in [0.05, 0.1) is 5.56 Å². The van der Waals surface area contributed by atoms with Gasteiger partial charge in [-0.25, -0.2) is 9.59 Å². The zero-order valence-electron chi connectivity index (χ0n) is 12.3. The second-order valence-electron chi connectivity index (χ2n) is 5.27. The van der Waals surface area contributed by atoms with E-state index in [4.69, 9.17) is 5.11 Å². The first-order valence-corrected chi connectivity index (χ1v) is 7.77. The van der Waals surface area contributed by atoms with Crippen LogP contribution in [0.3, 0.4) is 0 Å². The van der Waals surface area contributed by atoms with Crippen molar-refractivity contribution in [2.75, 3.05) is 11.9 Å². The summed E-state index contributed by atoms with van der Waals surface area (Å²) in [6, 6.07) is 4.35. The first-order valence-electron chi connectivity index (χ1n) is 6.98. The van der Waals surface area contributed by atoms with Gasteiger partial charge in [0.2, 0.25) is 0 Å². The third kappa shape index (κ3) is 6.62.